The Labute approximate surface area is 110 Å². The highest BCUT2D eigenvalue weighted by Gasteiger charge is 2.23. The van der Waals surface area contributed by atoms with Crippen molar-refractivity contribution in [3.05, 3.63) is 35.4 Å². The van der Waals surface area contributed by atoms with Crippen LogP contribution in [-0.4, -0.2) is 17.8 Å². The molecule has 0 amide bonds. The number of aliphatic hydroxyl groups excluding tert-OH is 1. The smallest absolute Gasteiger partial charge is 0.105 e. The lowest BCUT2D eigenvalue weighted by Gasteiger charge is -2.27. The molecule has 0 aliphatic carbocycles. The summed E-state index contributed by atoms with van der Waals surface area (Å²) >= 11 is 0. The molecule has 2 nitrogen and oxygen atoms in total. The van der Waals surface area contributed by atoms with Gasteiger partial charge in [-0.2, -0.15) is 0 Å². The van der Waals surface area contributed by atoms with Crippen molar-refractivity contribution < 1.29 is 9.84 Å². The van der Waals surface area contributed by atoms with Gasteiger partial charge in [-0.25, -0.2) is 0 Å². The Bertz CT molecular complexity index is 367. The first kappa shape index (κ1) is 13.6. The second-order valence-electron chi connectivity index (χ2n) is 5.69. The summed E-state index contributed by atoms with van der Waals surface area (Å²) in [6, 6.07) is 8.31. The van der Waals surface area contributed by atoms with Crippen molar-refractivity contribution >= 4 is 0 Å². The fourth-order valence-electron chi connectivity index (χ4n) is 2.60. The molecule has 2 rings (SSSR count). The van der Waals surface area contributed by atoms with E-state index in [2.05, 4.69) is 26.0 Å². The Morgan fingerprint density at radius 1 is 1.33 bits per heavy atom. The molecule has 1 fully saturated rings. The van der Waals surface area contributed by atoms with E-state index in [0.29, 0.717) is 5.92 Å². The molecule has 100 valence electrons. The fourth-order valence-corrected chi connectivity index (χ4v) is 2.60. The molecule has 0 bridgehead atoms. The van der Waals surface area contributed by atoms with Crippen molar-refractivity contribution in [3.63, 3.8) is 0 Å². The normalized spacial score (nSPS) is 22.1. The molecule has 0 aromatic heterocycles. The zero-order chi connectivity index (χ0) is 13.0. The molecule has 18 heavy (non-hydrogen) atoms. The molecule has 1 saturated heterocycles. The van der Waals surface area contributed by atoms with Crippen LogP contribution < -0.4 is 0 Å². The van der Waals surface area contributed by atoms with Gasteiger partial charge in [0.15, 0.2) is 0 Å². The number of ether oxygens (including phenoxy) is 1. The van der Waals surface area contributed by atoms with Crippen molar-refractivity contribution in [2.24, 2.45) is 5.92 Å². The highest BCUT2D eigenvalue weighted by Crippen LogP contribution is 2.27. The first-order valence-corrected chi connectivity index (χ1v) is 7.05. The lowest BCUT2D eigenvalue weighted by Crippen LogP contribution is -2.26. The van der Waals surface area contributed by atoms with Gasteiger partial charge in [-0.1, -0.05) is 38.1 Å². The Morgan fingerprint density at radius 3 is 2.83 bits per heavy atom. The topological polar surface area (TPSA) is 29.5 Å². The molecule has 1 N–H and O–H groups in total. The van der Waals surface area contributed by atoms with E-state index in [-0.39, 0.29) is 6.10 Å². The van der Waals surface area contributed by atoms with E-state index < -0.39 is 6.10 Å². The van der Waals surface area contributed by atoms with Crippen molar-refractivity contribution in [1.82, 2.24) is 0 Å². The average molecular weight is 248 g/mol. The molecule has 2 atom stereocenters. The van der Waals surface area contributed by atoms with Crippen LogP contribution in [0.1, 0.15) is 50.3 Å². The van der Waals surface area contributed by atoms with Gasteiger partial charge in [0.25, 0.3) is 0 Å². The van der Waals surface area contributed by atoms with Crippen LogP contribution >= 0.6 is 0 Å². The van der Waals surface area contributed by atoms with Gasteiger partial charge in [-0.3, -0.25) is 0 Å². The Morgan fingerprint density at radius 2 is 2.17 bits per heavy atom. The van der Waals surface area contributed by atoms with Crippen LogP contribution in [0.5, 0.6) is 0 Å². The van der Waals surface area contributed by atoms with Crippen LogP contribution in [0.25, 0.3) is 0 Å². The van der Waals surface area contributed by atoms with Gasteiger partial charge in [0.05, 0.1) is 6.10 Å². The van der Waals surface area contributed by atoms with Crippen molar-refractivity contribution in [1.29, 1.82) is 0 Å². The van der Waals surface area contributed by atoms with Gasteiger partial charge >= 0.3 is 0 Å². The summed E-state index contributed by atoms with van der Waals surface area (Å²) < 4.78 is 5.67. The van der Waals surface area contributed by atoms with E-state index in [1.165, 1.54) is 5.56 Å². The minimum absolute atomic E-state index is 0.0203. The molecule has 1 aromatic rings. The maximum absolute atomic E-state index is 10.4. The lowest BCUT2D eigenvalue weighted by atomic mass is 9.95. The molecular weight excluding hydrogens is 224 g/mol. The van der Waals surface area contributed by atoms with E-state index >= 15 is 0 Å². The average Bonchev–Trinajstić information content (AvgIpc) is 2.38. The Hall–Kier alpha value is -0.860. The minimum atomic E-state index is -0.475. The van der Waals surface area contributed by atoms with Crippen molar-refractivity contribution in [2.75, 3.05) is 6.61 Å². The Balaban J connectivity index is 2.06. The molecule has 0 radical (unpaired) electrons. The summed E-state index contributed by atoms with van der Waals surface area (Å²) in [7, 11) is 0. The largest absolute Gasteiger partial charge is 0.386 e. The van der Waals surface area contributed by atoms with E-state index in [9.17, 15) is 5.11 Å². The number of hydrogen-bond acceptors (Lipinski definition) is 2. The maximum Gasteiger partial charge on any atom is 0.105 e. The number of aliphatic hydroxyl groups is 1. The van der Waals surface area contributed by atoms with E-state index in [1.54, 1.807) is 0 Å². The van der Waals surface area contributed by atoms with Crippen molar-refractivity contribution in [2.45, 2.75) is 51.7 Å². The lowest BCUT2D eigenvalue weighted by molar-refractivity contribution is -0.0633. The third-order valence-corrected chi connectivity index (χ3v) is 3.50. The number of benzene rings is 1. The zero-order valence-electron chi connectivity index (χ0n) is 11.4. The zero-order valence-corrected chi connectivity index (χ0v) is 11.4. The van der Waals surface area contributed by atoms with Gasteiger partial charge in [-0.15, -0.1) is 0 Å². The minimum Gasteiger partial charge on any atom is -0.386 e. The molecule has 0 spiro atoms. The van der Waals surface area contributed by atoms with Crippen LogP contribution in [0, 0.1) is 5.92 Å². The van der Waals surface area contributed by atoms with Gasteiger partial charge in [0.2, 0.25) is 0 Å². The van der Waals surface area contributed by atoms with Crippen LogP contribution in [0.4, 0.5) is 0 Å². The highest BCUT2D eigenvalue weighted by atomic mass is 16.5. The predicted octanol–water partition coefficient (Wildman–Crippen LogP) is 3.49. The molecule has 1 heterocycles. The summed E-state index contributed by atoms with van der Waals surface area (Å²) in [5.74, 6) is 0.642. The standard InChI is InChI=1S/C16H24O2/c1-12(2)10-13-6-5-7-14(11-13)16(17)15-8-3-4-9-18-15/h5-7,11-12,15-17H,3-4,8-10H2,1-2H3. The van der Waals surface area contributed by atoms with E-state index in [4.69, 9.17) is 4.74 Å². The monoisotopic (exact) mass is 248 g/mol. The van der Waals surface area contributed by atoms with Crippen molar-refractivity contribution in [3.8, 4) is 0 Å². The molecule has 2 heteroatoms. The van der Waals surface area contributed by atoms with Crippen LogP contribution in [0.15, 0.2) is 24.3 Å². The van der Waals surface area contributed by atoms with Gasteiger partial charge < -0.3 is 9.84 Å². The molecule has 1 aliphatic rings. The number of hydrogen-bond donors (Lipinski definition) is 1. The first-order chi connectivity index (χ1) is 8.66. The Kier molecular flexibility index (Phi) is 4.79. The maximum atomic E-state index is 10.4. The molecule has 1 aliphatic heterocycles. The fraction of sp³-hybridized carbons (Fsp3) is 0.625. The summed E-state index contributed by atoms with van der Waals surface area (Å²) in [4.78, 5) is 0. The predicted molar refractivity (Wildman–Crippen MR) is 73.5 cm³/mol. The summed E-state index contributed by atoms with van der Waals surface area (Å²) in [6.45, 7) is 5.22. The van der Waals surface area contributed by atoms with Gasteiger partial charge in [0, 0.05) is 6.61 Å². The first-order valence-electron chi connectivity index (χ1n) is 7.05. The van der Waals surface area contributed by atoms with E-state index in [1.807, 2.05) is 12.1 Å². The summed E-state index contributed by atoms with van der Waals surface area (Å²) in [5, 5.41) is 10.4. The van der Waals surface area contributed by atoms with Gasteiger partial charge in [-0.05, 0) is 42.7 Å². The summed E-state index contributed by atoms with van der Waals surface area (Å²) in [6.07, 6.45) is 3.82. The van der Waals surface area contributed by atoms with E-state index in [0.717, 1.165) is 37.9 Å². The third kappa shape index (κ3) is 3.56. The quantitative estimate of drug-likeness (QED) is 0.884. The molecule has 1 aromatic carbocycles. The van der Waals surface area contributed by atoms with Crippen LogP contribution in [0.2, 0.25) is 0 Å². The molecular formula is C16H24O2. The van der Waals surface area contributed by atoms with Crippen LogP contribution in [-0.2, 0) is 11.2 Å². The highest BCUT2D eigenvalue weighted by molar-refractivity contribution is 5.26. The van der Waals surface area contributed by atoms with Gasteiger partial charge in [0.1, 0.15) is 6.10 Å². The summed E-state index contributed by atoms with van der Waals surface area (Å²) in [5.41, 5.74) is 2.30. The second-order valence-corrected chi connectivity index (χ2v) is 5.69. The third-order valence-electron chi connectivity index (χ3n) is 3.50. The molecule has 0 saturated carbocycles. The second kappa shape index (κ2) is 6.35. The van der Waals surface area contributed by atoms with Crippen LogP contribution in [0.3, 0.4) is 0 Å². The molecule has 2 unspecified atom stereocenters. The SMILES string of the molecule is CC(C)Cc1cccc(C(O)C2CCCCO2)c1. The number of rotatable bonds is 4.